The quantitative estimate of drug-likeness (QED) is 0.837. The third-order valence-corrected chi connectivity index (χ3v) is 4.46. The number of hydrogen-bond donors (Lipinski definition) is 0. The maximum atomic E-state index is 12.5. The topological polar surface area (TPSA) is 19.4 Å². The van der Waals surface area contributed by atoms with E-state index in [4.69, 9.17) is 11.6 Å². The molecule has 7 heteroatoms. The van der Waals surface area contributed by atoms with Gasteiger partial charge in [0, 0.05) is 31.4 Å². The summed E-state index contributed by atoms with van der Waals surface area (Å²) in [6.07, 6.45) is -1.74. The summed E-state index contributed by atoms with van der Waals surface area (Å²) in [7, 11) is 0. The first-order chi connectivity index (χ1) is 9.33. The Bertz CT molecular complexity index is 520. The fraction of sp³-hybridized carbons (Fsp3) is 0.615. The van der Waals surface area contributed by atoms with Crippen molar-refractivity contribution in [1.29, 1.82) is 0 Å². The predicted octanol–water partition coefficient (Wildman–Crippen LogP) is 2.87. The van der Waals surface area contributed by atoms with Crippen LogP contribution in [0.1, 0.15) is 12.0 Å². The van der Waals surface area contributed by atoms with Crippen LogP contribution in [0.5, 0.6) is 0 Å². The molecule has 0 saturated carbocycles. The van der Waals surface area contributed by atoms with Crippen LogP contribution in [-0.4, -0.2) is 47.8 Å². The number of fused-ring (bicyclic) bond motifs is 2. The van der Waals surface area contributed by atoms with Crippen LogP contribution in [0, 0.1) is 6.92 Å². The number of piperazine rings is 1. The summed E-state index contributed by atoms with van der Waals surface area (Å²) < 4.78 is 37.4. The van der Waals surface area contributed by atoms with Gasteiger partial charge in [-0.25, -0.2) is 4.98 Å². The Morgan fingerprint density at radius 3 is 2.65 bits per heavy atom. The van der Waals surface area contributed by atoms with Crippen molar-refractivity contribution in [2.24, 2.45) is 0 Å². The zero-order valence-electron chi connectivity index (χ0n) is 11.0. The zero-order chi connectivity index (χ0) is 14.5. The molecule has 0 unspecified atom stereocenters. The van der Waals surface area contributed by atoms with Gasteiger partial charge in [0.15, 0.2) is 0 Å². The van der Waals surface area contributed by atoms with Crippen LogP contribution >= 0.6 is 11.6 Å². The number of rotatable bonds is 2. The number of aromatic nitrogens is 1. The third-order valence-electron chi connectivity index (χ3n) is 4.06. The molecule has 2 aliphatic rings. The van der Waals surface area contributed by atoms with Gasteiger partial charge in [0.05, 0.1) is 11.6 Å². The van der Waals surface area contributed by atoms with E-state index in [0.29, 0.717) is 18.1 Å². The number of hydrogen-bond acceptors (Lipinski definition) is 3. The van der Waals surface area contributed by atoms with Crippen LogP contribution < -0.4 is 4.90 Å². The molecule has 2 atom stereocenters. The smallest absolute Gasteiger partial charge is 0.351 e. The highest BCUT2D eigenvalue weighted by Crippen LogP contribution is 2.36. The molecule has 2 bridgehead atoms. The molecule has 2 saturated heterocycles. The zero-order valence-corrected chi connectivity index (χ0v) is 11.7. The van der Waals surface area contributed by atoms with Gasteiger partial charge in [-0.2, -0.15) is 13.2 Å². The average Bonchev–Trinajstić information content (AvgIpc) is 2.90. The van der Waals surface area contributed by atoms with Gasteiger partial charge in [0.25, 0.3) is 0 Å². The molecular weight excluding hydrogens is 291 g/mol. The second-order valence-electron chi connectivity index (χ2n) is 5.53. The van der Waals surface area contributed by atoms with Crippen molar-refractivity contribution in [3.05, 3.63) is 22.8 Å². The van der Waals surface area contributed by atoms with E-state index in [1.165, 1.54) is 4.90 Å². The predicted molar refractivity (Wildman–Crippen MR) is 71.2 cm³/mol. The molecule has 0 aliphatic carbocycles. The van der Waals surface area contributed by atoms with E-state index in [0.717, 1.165) is 17.8 Å². The minimum absolute atomic E-state index is 0.0283. The van der Waals surface area contributed by atoms with Crippen LogP contribution in [0.4, 0.5) is 19.0 Å². The van der Waals surface area contributed by atoms with E-state index in [9.17, 15) is 13.2 Å². The monoisotopic (exact) mass is 305 g/mol. The van der Waals surface area contributed by atoms with Gasteiger partial charge in [0.2, 0.25) is 0 Å². The van der Waals surface area contributed by atoms with E-state index < -0.39 is 12.7 Å². The van der Waals surface area contributed by atoms with Crippen molar-refractivity contribution in [2.75, 3.05) is 24.5 Å². The highest BCUT2D eigenvalue weighted by atomic mass is 35.5. The molecule has 1 aromatic rings. The molecular formula is C13H15ClF3N3. The van der Waals surface area contributed by atoms with Gasteiger partial charge >= 0.3 is 6.18 Å². The van der Waals surface area contributed by atoms with Crippen molar-refractivity contribution < 1.29 is 13.2 Å². The van der Waals surface area contributed by atoms with E-state index >= 15 is 0 Å². The van der Waals surface area contributed by atoms with Crippen molar-refractivity contribution in [2.45, 2.75) is 31.6 Å². The molecule has 0 aromatic carbocycles. The number of pyridine rings is 1. The molecule has 3 rings (SSSR count). The number of alkyl halides is 3. The largest absolute Gasteiger partial charge is 0.401 e. The van der Waals surface area contributed by atoms with E-state index in [1.54, 1.807) is 6.20 Å². The van der Waals surface area contributed by atoms with Crippen LogP contribution in [-0.2, 0) is 0 Å². The second kappa shape index (κ2) is 4.77. The lowest BCUT2D eigenvalue weighted by molar-refractivity contribution is -0.148. The Morgan fingerprint density at radius 1 is 1.35 bits per heavy atom. The lowest BCUT2D eigenvalue weighted by Crippen LogP contribution is -2.49. The lowest BCUT2D eigenvalue weighted by atomic mass is 10.2. The summed E-state index contributed by atoms with van der Waals surface area (Å²) in [4.78, 5) is 7.92. The van der Waals surface area contributed by atoms with E-state index in [-0.39, 0.29) is 12.1 Å². The molecule has 0 spiro atoms. The molecule has 110 valence electrons. The number of anilines is 1. The van der Waals surface area contributed by atoms with Gasteiger partial charge in [0.1, 0.15) is 5.82 Å². The Labute approximate surface area is 120 Å². The summed E-state index contributed by atoms with van der Waals surface area (Å²) in [6.45, 7) is 2.15. The second-order valence-corrected chi connectivity index (χ2v) is 5.94. The minimum Gasteiger partial charge on any atom is -0.351 e. The maximum Gasteiger partial charge on any atom is 0.401 e. The van der Waals surface area contributed by atoms with Gasteiger partial charge in [-0.15, -0.1) is 0 Å². The van der Waals surface area contributed by atoms with Crippen molar-refractivity contribution in [1.82, 2.24) is 9.88 Å². The molecule has 2 fully saturated rings. The number of aryl methyl sites for hydroxylation is 1. The molecule has 0 N–H and O–H groups in total. The first kappa shape index (κ1) is 13.9. The molecule has 0 radical (unpaired) electrons. The van der Waals surface area contributed by atoms with Crippen molar-refractivity contribution >= 4 is 17.4 Å². The normalized spacial score (nSPS) is 26.6. The van der Waals surface area contributed by atoms with Gasteiger partial charge in [-0.1, -0.05) is 11.6 Å². The summed E-state index contributed by atoms with van der Waals surface area (Å²) in [5.74, 6) is 0.811. The Hall–Kier alpha value is -1.01. The fourth-order valence-electron chi connectivity index (χ4n) is 3.14. The molecule has 3 nitrogen and oxygen atoms in total. The van der Waals surface area contributed by atoms with Gasteiger partial charge in [-0.05, 0) is 25.0 Å². The Balaban J connectivity index is 1.71. The van der Waals surface area contributed by atoms with Crippen LogP contribution in [0.25, 0.3) is 0 Å². The average molecular weight is 306 g/mol. The summed E-state index contributed by atoms with van der Waals surface area (Å²) in [5, 5.41) is 0.608. The molecule has 0 amide bonds. The Kier molecular flexibility index (Phi) is 3.33. The Morgan fingerprint density at radius 2 is 2.10 bits per heavy atom. The lowest BCUT2D eigenvalue weighted by Gasteiger charge is -2.35. The van der Waals surface area contributed by atoms with Crippen molar-refractivity contribution in [3.63, 3.8) is 0 Å². The molecule has 2 aliphatic heterocycles. The molecule has 3 heterocycles. The fourth-order valence-corrected chi connectivity index (χ4v) is 3.24. The highest BCUT2D eigenvalue weighted by Gasteiger charge is 2.47. The van der Waals surface area contributed by atoms with Crippen LogP contribution in [0.15, 0.2) is 12.3 Å². The van der Waals surface area contributed by atoms with Crippen LogP contribution in [0.3, 0.4) is 0 Å². The summed E-state index contributed by atoms with van der Waals surface area (Å²) in [6, 6.07) is 1.99. The number of nitrogens with zero attached hydrogens (tertiary/aromatic N) is 3. The molecule has 1 aromatic heterocycles. The maximum absolute atomic E-state index is 12.5. The highest BCUT2D eigenvalue weighted by molar-refractivity contribution is 6.31. The van der Waals surface area contributed by atoms with E-state index in [2.05, 4.69) is 9.88 Å². The SMILES string of the molecule is Cc1cc(N2C[C@H]3C[C@@H]2CN3CC(F)(F)F)ncc1Cl. The third kappa shape index (κ3) is 2.59. The van der Waals surface area contributed by atoms with Crippen LogP contribution in [0.2, 0.25) is 5.02 Å². The van der Waals surface area contributed by atoms with E-state index in [1.807, 2.05) is 13.0 Å². The molecule has 20 heavy (non-hydrogen) atoms. The van der Waals surface area contributed by atoms with Crippen molar-refractivity contribution in [3.8, 4) is 0 Å². The van der Waals surface area contributed by atoms with Gasteiger partial charge in [-0.3, -0.25) is 4.90 Å². The number of likely N-dealkylation sites (tertiary alicyclic amines) is 1. The minimum atomic E-state index is -4.12. The summed E-state index contributed by atoms with van der Waals surface area (Å²) >= 11 is 5.95. The van der Waals surface area contributed by atoms with Gasteiger partial charge < -0.3 is 4.90 Å². The summed E-state index contributed by atoms with van der Waals surface area (Å²) in [5.41, 5.74) is 0.937. The number of halogens is 4. The standard InChI is InChI=1S/C13H15ClF3N3/c1-8-2-12(18-4-11(8)14)20-6-9-3-10(20)5-19(9)7-13(15,16)17/h2,4,9-10H,3,5-7H2,1H3/t9-,10-/m1/s1. The first-order valence-corrected chi connectivity index (χ1v) is 6.91. The first-order valence-electron chi connectivity index (χ1n) is 6.53.